The molecule has 1 N–H and O–H groups in total. The third kappa shape index (κ3) is 3.85. The van der Waals surface area contributed by atoms with Crippen molar-refractivity contribution in [3.05, 3.63) is 5.82 Å². The van der Waals surface area contributed by atoms with Crippen LogP contribution in [0, 0.1) is 5.92 Å². The molecule has 2 rings (SSSR count). The molecule has 1 heterocycles. The summed E-state index contributed by atoms with van der Waals surface area (Å²) in [7, 11) is 4.06. The monoisotopic (exact) mass is 322 g/mol. The van der Waals surface area contributed by atoms with E-state index in [1.807, 2.05) is 14.1 Å². The lowest BCUT2D eigenvalue weighted by Crippen LogP contribution is -2.52. The van der Waals surface area contributed by atoms with Gasteiger partial charge >= 0.3 is 6.18 Å². The molecule has 4 nitrogen and oxygen atoms in total. The van der Waals surface area contributed by atoms with Crippen molar-refractivity contribution < 1.29 is 13.2 Å². The summed E-state index contributed by atoms with van der Waals surface area (Å²) in [5, 5.41) is 3.29. The molecule has 1 aromatic rings. The molecular formula is C13H21F3N4S. The number of rotatable bonds is 4. The Hall–Kier alpha value is -0.890. The predicted octanol–water partition coefficient (Wildman–Crippen LogP) is 3.48. The number of hydrogen-bond acceptors (Lipinski definition) is 5. The second-order valence-corrected chi connectivity index (χ2v) is 6.85. The average Bonchev–Trinajstić information content (AvgIpc) is 2.85. The fraction of sp³-hybridized carbons (Fsp3) is 0.846. The summed E-state index contributed by atoms with van der Waals surface area (Å²) in [5.74, 6) is -0.436. The van der Waals surface area contributed by atoms with Gasteiger partial charge in [-0.25, -0.2) is 0 Å². The summed E-state index contributed by atoms with van der Waals surface area (Å²) in [6.07, 6.45) is -0.0349. The van der Waals surface area contributed by atoms with E-state index in [9.17, 15) is 13.2 Å². The van der Waals surface area contributed by atoms with Gasteiger partial charge in [-0.3, -0.25) is 0 Å². The summed E-state index contributed by atoms with van der Waals surface area (Å²) in [6, 6.07) is 0. The molecular weight excluding hydrogens is 301 g/mol. The molecule has 1 fully saturated rings. The number of likely N-dealkylation sites (N-methyl/N-ethyl adjacent to an activating group) is 1. The number of nitrogens with zero attached hydrogens (tertiary/aromatic N) is 3. The van der Waals surface area contributed by atoms with E-state index in [1.54, 1.807) is 0 Å². The fourth-order valence-electron chi connectivity index (χ4n) is 3.01. The number of halogens is 3. The minimum absolute atomic E-state index is 0.0261. The Morgan fingerprint density at radius 2 is 2.14 bits per heavy atom. The summed E-state index contributed by atoms with van der Waals surface area (Å²) >= 11 is 0.765. The van der Waals surface area contributed by atoms with Gasteiger partial charge in [0.2, 0.25) is 11.0 Å². The number of hydrogen-bond donors (Lipinski definition) is 1. The standard InChI is InChI=1S/C13H21F3N4S/c1-9-5-4-6-12(7-9,20(2)3)8-17-11-18-10(19-21-11)13(14,15)16/h9H,4-8H2,1-3H3,(H,17,18,19). The SMILES string of the molecule is CC1CCCC(CNc2nc(C(F)(F)F)ns2)(N(C)C)C1. The van der Waals surface area contributed by atoms with E-state index in [1.165, 1.54) is 6.42 Å². The van der Waals surface area contributed by atoms with Gasteiger partial charge in [0.05, 0.1) is 0 Å². The van der Waals surface area contributed by atoms with Crippen LogP contribution in [0.1, 0.15) is 38.4 Å². The minimum atomic E-state index is -4.48. The van der Waals surface area contributed by atoms with Crippen molar-refractivity contribution in [2.24, 2.45) is 5.92 Å². The van der Waals surface area contributed by atoms with Crippen LogP contribution < -0.4 is 5.32 Å². The average molecular weight is 322 g/mol. The van der Waals surface area contributed by atoms with Crippen molar-refractivity contribution in [2.75, 3.05) is 26.0 Å². The van der Waals surface area contributed by atoms with E-state index in [0.29, 0.717) is 12.5 Å². The van der Waals surface area contributed by atoms with Gasteiger partial charge in [-0.2, -0.15) is 22.5 Å². The van der Waals surface area contributed by atoms with E-state index in [4.69, 9.17) is 0 Å². The Morgan fingerprint density at radius 3 is 2.67 bits per heavy atom. The van der Waals surface area contributed by atoms with Crippen LogP contribution in [-0.2, 0) is 6.18 Å². The Balaban J connectivity index is 2.04. The van der Waals surface area contributed by atoms with Crippen LogP contribution in [0.2, 0.25) is 0 Å². The van der Waals surface area contributed by atoms with Crippen molar-refractivity contribution in [1.29, 1.82) is 0 Å². The number of aromatic nitrogens is 2. The number of alkyl halides is 3. The van der Waals surface area contributed by atoms with Crippen LogP contribution in [-0.4, -0.2) is 40.4 Å². The first-order valence-electron chi connectivity index (χ1n) is 7.05. The minimum Gasteiger partial charge on any atom is -0.358 e. The Morgan fingerprint density at radius 1 is 1.43 bits per heavy atom. The highest BCUT2D eigenvalue weighted by molar-refractivity contribution is 7.09. The second kappa shape index (κ2) is 6.08. The van der Waals surface area contributed by atoms with Gasteiger partial charge in [0.25, 0.3) is 0 Å². The smallest absolute Gasteiger partial charge is 0.358 e. The first-order chi connectivity index (χ1) is 9.73. The highest BCUT2D eigenvalue weighted by Gasteiger charge is 2.38. The van der Waals surface area contributed by atoms with Gasteiger partial charge in [0.1, 0.15) is 0 Å². The molecule has 1 aliphatic carbocycles. The highest BCUT2D eigenvalue weighted by atomic mass is 32.1. The molecule has 2 atom stereocenters. The van der Waals surface area contributed by atoms with Crippen molar-refractivity contribution >= 4 is 16.7 Å². The van der Waals surface area contributed by atoms with Crippen LogP contribution in [0.3, 0.4) is 0 Å². The molecule has 1 aromatic heterocycles. The van der Waals surface area contributed by atoms with Gasteiger partial charge in [-0.1, -0.05) is 19.8 Å². The van der Waals surface area contributed by atoms with Crippen molar-refractivity contribution in [2.45, 2.75) is 44.3 Å². The van der Waals surface area contributed by atoms with Crippen molar-refractivity contribution in [3.8, 4) is 0 Å². The molecule has 0 amide bonds. The van der Waals surface area contributed by atoms with Gasteiger partial charge in [-0.05, 0) is 32.9 Å². The van der Waals surface area contributed by atoms with Crippen molar-refractivity contribution in [1.82, 2.24) is 14.3 Å². The largest absolute Gasteiger partial charge is 0.452 e. The molecule has 0 saturated heterocycles. The molecule has 1 saturated carbocycles. The van der Waals surface area contributed by atoms with E-state index >= 15 is 0 Å². The lowest BCUT2D eigenvalue weighted by molar-refractivity contribution is -0.144. The van der Waals surface area contributed by atoms with E-state index in [2.05, 4.69) is 26.5 Å². The van der Waals surface area contributed by atoms with Crippen molar-refractivity contribution in [3.63, 3.8) is 0 Å². The van der Waals surface area contributed by atoms with E-state index in [-0.39, 0.29) is 10.7 Å². The van der Waals surface area contributed by atoms with Crippen LogP contribution in [0.5, 0.6) is 0 Å². The molecule has 0 aromatic carbocycles. The maximum atomic E-state index is 12.5. The molecule has 1 aliphatic rings. The summed E-state index contributed by atoms with van der Waals surface area (Å²) < 4.78 is 40.9. The Kier molecular flexibility index (Phi) is 4.77. The summed E-state index contributed by atoms with van der Waals surface area (Å²) in [4.78, 5) is 5.71. The zero-order valence-corrected chi connectivity index (χ0v) is 13.3. The van der Waals surface area contributed by atoms with Crippen LogP contribution >= 0.6 is 11.5 Å². The second-order valence-electron chi connectivity index (χ2n) is 6.09. The van der Waals surface area contributed by atoms with Gasteiger partial charge in [0.15, 0.2) is 0 Å². The highest BCUT2D eigenvalue weighted by Crippen LogP contribution is 2.36. The van der Waals surface area contributed by atoms with Gasteiger partial charge in [-0.15, -0.1) is 0 Å². The molecule has 120 valence electrons. The summed E-state index contributed by atoms with van der Waals surface area (Å²) in [6.45, 7) is 2.82. The topological polar surface area (TPSA) is 41.1 Å². The maximum absolute atomic E-state index is 12.5. The maximum Gasteiger partial charge on any atom is 0.452 e. The van der Waals surface area contributed by atoms with Crippen LogP contribution in [0.4, 0.5) is 18.3 Å². The Bertz CT molecular complexity index is 474. The van der Waals surface area contributed by atoms with Gasteiger partial charge in [0, 0.05) is 23.6 Å². The zero-order valence-electron chi connectivity index (χ0n) is 12.5. The molecule has 2 unspecified atom stereocenters. The van der Waals surface area contributed by atoms with E-state index in [0.717, 1.165) is 30.8 Å². The summed E-state index contributed by atoms with van der Waals surface area (Å²) in [5.41, 5.74) is -0.0261. The molecule has 8 heteroatoms. The first kappa shape index (κ1) is 16.5. The molecule has 0 aliphatic heterocycles. The number of nitrogens with one attached hydrogen (secondary N) is 1. The molecule has 0 radical (unpaired) electrons. The predicted molar refractivity (Wildman–Crippen MR) is 77.5 cm³/mol. The number of anilines is 1. The zero-order chi connectivity index (χ0) is 15.7. The lowest BCUT2D eigenvalue weighted by Gasteiger charge is -2.45. The van der Waals surface area contributed by atoms with Crippen LogP contribution in [0.15, 0.2) is 0 Å². The molecule has 21 heavy (non-hydrogen) atoms. The Labute approximate surface area is 126 Å². The molecule has 0 bridgehead atoms. The fourth-order valence-corrected chi connectivity index (χ4v) is 3.59. The third-order valence-electron chi connectivity index (χ3n) is 4.26. The quantitative estimate of drug-likeness (QED) is 0.921. The van der Waals surface area contributed by atoms with Crippen LogP contribution in [0.25, 0.3) is 0 Å². The molecule has 0 spiro atoms. The van der Waals surface area contributed by atoms with E-state index < -0.39 is 12.0 Å². The normalized spacial score (nSPS) is 27.1. The third-order valence-corrected chi connectivity index (χ3v) is 4.94. The van der Waals surface area contributed by atoms with Gasteiger partial charge < -0.3 is 10.2 Å². The lowest BCUT2D eigenvalue weighted by atomic mass is 9.75. The first-order valence-corrected chi connectivity index (χ1v) is 7.82.